The maximum atomic E-state index is 3.67. The summed E-state index contributed by atoms with van der Waals surface area (Å²) in [6, 6.07) is 0. The first-order valence-corrected chi connectivity index (χ1v) is 5.84. The van der Waals surface area contributed by atoms with E-state index in [2.05, 4.69) is 52.6 Å². The number of halogens is 2. The van der Waals surface area contributed by atoms with Gasteiger partial charge in [0.15, 0.2) is 0 Å². The van der Waals surface area contributed by atoms with E-state index in [1.54, 1.807) is 0 Å². The molecule has 0 aromatic carbocycles. The fraction of sp³-hybridized carbons (Fsp3) is 1.00. The predicted molar refractivity (Wildman–Crippen MR) is 55.2 cm³/mol. The molecule has 0 saturated carbocycles. The van der Waals surface area contributed by atoms with E-state index in [0.29, 0.717) is 10.2 Å². The third kappa shape index (κ3) is 2.54. The largest absolute Gasteiger partial charge is 0.0916 e. The molecule has 2 heteroatoms. The second kappa shape index (κ2) is 4.76. The van der Waals surface area contributed by atoms with Gasteiger partial charge in [-0.3, -0.25) is 0 Å². The summed E-state index contributed by atoms with van der Waals surface area (Å²) in [5.41, 5.74) is 0.462. The second-order valence-corrected chi connectivity index (χ2v) is 4.74. The van der Waals surface area contributed by atoms with Gasteiger partial charge in [-0.05, 0) is 18.3 Å². The summed E-state index contributed by atoms with van der Waals surface area (Å²) < 4.78 is 0. The SMILES string of the molecule is CCC(C)(CC)C(Br)CBr. The van der Waals surface area contributed by atoms with E-state index in [1.807, 2.05) is 0 Å². The highest BCUT2D eigenvalue weighted by molar-refractivity contribution is 9.12. The Kier molecular flexibility index (Phi) is 5.22. The van der Waals surface area contributed by atoms with Crippen molar-refractivity contribution in [2.75, 3.05) is 5.33 Å². The van der Waals surface area contributed by atoms with Gasteiger partial charge < -0.3 is 0 Å². The maximum absolute atomic E-state index is 3.67. The summed E-state index contributed by atoms with van der Waals surface area (Å²) in [5.74, 6) is 0. The third-order valence-corrected chi connectivity index (χ3v) is 5.45. The summed E-state index contributed by atoms with van der Waals surface area (Å²) in [6.07, 6.45) is 2.48. The van der Waals surface area contributed by atoms with Crippen LogP contribution in [0.1, 0.15) is 33.6 Å². The fourth-order valence-electron chi connectivity index (χ4n) is 0.879. The van der Waals surface area contributed by atoms with E-state index in [4.69, 9.17) is 0 Å². The highest BCUT2D eigenvalue weighted by Gasteiger charge is 2.27. The summed E-state index contributed by atoms with van der Waals surface area (Å²) in [7, 11) is 0. The summed E-state index contributed by atoms with van der Waals surface area (Å²) >= 11 is 7.16. The highest BCUT2D eigenvalue weighted by Crippen LogP contribution is 2.35. The quantitative estimate of drug-likeness (QED) is 0.679. The molecular formula is C8H16Br2. The van der Waals surface area contributed by atoms with Crippen LogP contribution in [0.25, 0.3) is 0 Å². The predicted octanol–water partition coefficient (Wildman–Crippen LogP) is 3.97. The lowest BCUT2D eigenvalue weighted by Gasteiger charge is -2.31. The zero-order valence-corrected chi connectivity index (χ0v) is 10.1. The molecule has 0 bridgehead atoms. The van der Waals surface area contributed by atoms with E-state index < -0.39 is 0 Å². The zero-order valence-electron chi connectivity index (χ0n) is 6.95. The van der Waals surface area contributed by atoms with Gasteiger partial charge in [0.25, 0.3) is 0 Å². The summed E-state index contributed by atoms with van der Waals surface area (Å²) in [6.45, 7) is 6.83. The van der Waals surface area contributed by atoms with Crippen LogP contribution >= 0.6 is 31.9 Å². The summed E-state index contributed by atoms with van der Waals surface area (Å²) in [4.78, 5) is 0.606. The minimum absolute atomic E-state index is 0.462. The first-order valence-electron chi connectivity index (χ1n) is 3.80. The number of alkyl halides is 2. The Morgan fingerprint density at radius 1 is 1.30 bits per heavy atom. The molecule has 0 spiro atoms. The van der Waals surface area contributed by atoms with E-state index in [0.717, 1.165) is 5.33 Å². The molecule has 0 aromatic rings. The van der Waals surface area contributed by atoms with E-state index in [-0.39, 0.29) is 0 Å². The van der Waals surface area contributed by atoms with Crippen LogP contribution in [0.15, 0.2) is 0 Å². The van der Waals surface area contributed by atoms with Crippen molar-refractivity contribution in [1.82, 2.24) is 0 Å². The Balaban J connectivity index is 4.02. The molecule has 0 nitrogen and oxygen atoms in total. The van der Waals surface area contributed by atoms with Gasteiger partial charge >= 0.3 is 0 Å². The lowest BCUT2D eigenvalue weighted by Crippen LogP contribution is -2.27. The molecule has 0 fully saturated rings. The Labute approximate surface area is 81.0 Å². The molecular weight excluding hydrogens is 256 g/mol. The minimum Gasteiger partial charge on any atom is -0.0916 e. The third-order valence-electron chi connectivity index (χ3n) is 2.51. The molecule has 0 heterocycles. The maximum Gasteiger partial charge on any atom is 0.0296 e. The molecule has 0 aromatic heterocycles. The highest BCUT2D eigenvalue weighted by atomic mass is 79.9. The normalized spacial score (nSPS) is 15.3. The van der Waals surface area contributed by atoms with Crippen LogP contribution in [-0.4, -0.2) is 10.2 Å². The van der Waals surface area contributed by atoms with Crippen molar-refractivity contribution in [3.63, 3.8) is 0 Å². The van der Waals surface area contributed by atoms with Gasteiger partial charge in [-0.15, -0.1) is 0 Å². The molecule has 0 aliphatic carbocycles. The van der Waals surface area contributed by atoms with Crippen LogP contribution in [0, 0.1) is 5.41 Å². The Morgan fingerprint density at radius 2 is 1.70 bits per heavy atom. The first kappa shape index (κ1) is 11.0. The van der Waals surface area contributed by atoms with Crippen LogP contribution in [0.4, 0.5) is 0 Å². The van der Waals surface area contributed by atoms with Crippen molar-refractivity contribution in [3.8, 4) is 0 Å². The first-order chi connectivity index (χ1) is 4.60. The molecule has 1 unspecified atom stereocenters. The van der Waals surface area contributed by atoms with Crippen LogP contribution in [0.5, 0.6) is 0 Å². The van der Waals surface area contributed by atoms with Gasteiger partial charge in [-0.2, -0.15) is 0 Å². The second-order valence-electron chi connectivity index (χ2n) is 2.98. The molecule has 62 valence electrons. The van der Waals surface area contributed by atoms with Crippen LogP contribution in [0.2, 0.25) is 0 Å². The van der Waals surface area contributed by atoms with E-state index in [1.165, 1.54) is 12.8 Å². The van der Waals surface area contributed by atoms with Gasteiger partial charge in [0.1, 0.15) is 0 Å². The van der Waals surface area contributed by atoms with E-state index >= 15 is 0 Å². The molecule has 0 radical (unpaired) electrons. The monoisotopic (exact) mass is 270 g/mol. The number of hydrogen-bond donors (Lipinski definition) is 0. The number of hydrogen-bond acceptors (Lipinski definition) is 0. The zero-order chi connectivity index (χ0) is 8.20. The van der Waals surface area contributed by atoms with Crippen molar-refractivity contribution in [1.29, 1.82) is 0 Å². The van der Waals surface area contributed by atoms with Gasteiger partial charge in [0, 0.05) is 10.2 Å². The molecule has 10 heavy (non-hydrogen) atoms. The van der Waals surface area contributed by atoms with Crippen molar-refractivity contribution in [2.45, 2.75) is 38.4 Å². The molecule has 0 aliphatic heterocycles. The van der Waals surface area contributed by atoms with Crippen molar-refractivity contribution < 1.29 is 0 Å². The lowest BCUT2D eigenvalue weighted by molar-refractivity contribution is 0.304. The van der Waals surface area contributed by atoms with Gasteiger partial charge in [-0.25, -0.2) is 0 Å². The molecule has 0 aliphatic rings. The van der Waals surface area contributed by atoms with Crippen LogP contribution < -0.4 is 0 Å². The standard InChI is InChI=1S/C8H16Br2/c1-4-8(3,5-2)7(10)6-9/h7H,4-6H2,1-3H3. The lowest BCUT2D eigenvalue weighted by atomic mass is 9.82. The van der Waals surface area contributed by atoms with Gasteiger partial charge in [-0.1, -0.05) is 52.6 Å². The topological polar surface area (TPSA) is 0 Å². The molecule has 1 atom stereocenters. The summed E-state index contributed by atoms with van der Waals surface area (Å²) in [5, 5.41) is 1.05. The Morgan fingerprint density at radius 3 is 1.80 bits per heavy atom. The van der Waals surface area contributed by atoms with Crippen molar-refractivity contribution in [3.05, 3.63) is 0 Å². The van der Waals surface area contributed by atoms with Crippen molar-refractivity contribution in [2.24, 2.45) is 5.41 Å². The molecule has 0 amide bonds. The van der Waals surface area contributed by atoms with Gasteiger partial charge in [0.05, 0.1) is 0 Å². The Hall–Kier alpha value is 0.960. The van der Waals surface area contributed by atoms with E-state index in [9.17, 15) is 0 Å². The average Bonchev–Trinajstić information content (AvgIpc) is 2.01. The smallest absolute Gasteiger partial charge is 0.0296 e. The van der Waals surface area contributed by atoms with Crippen molar-refractivity contribution >= 4 is 31.9 Å². The number of rotatable bonds is 4. The fourth-order valence-corrected chi connectivity index (χ4v) is 2.31. The van der Waals surface area contributed by atoms with Gasteiger partial charge in [0.2, 0.25) is 0 Å². The molecule has 0 saturated heterocycles. The Bertz CT molecular complexity index is 87.3. The molecule has 0 rings (SSSR count). The minimum atomic E-state index is 0.462. The molecule has 0 N–H and O–H groups in total. The van der Waals surface area contributed by atoms with Crippen LogP contribution in [0.3, 0.4) is 0 Å². The average molecular weight is 272 g/mol. The van der Waals surface area contributed by atoms with Crippen LogP contribution in [-0.2, 0) is 0 Å².